The number of hydrogen-bond acceptors (Lipinski definition) is 3. The summed E-state index contributed by atoms with van der Waals surface area (Å²) >= 11 is 0. The van der Waals surface area contributed by atoms with E-state index in [1.165, 1.54) is 0 Å². The number of benzene rings is 1. The van der Waals surface area contributed by atoms with E-state index in [2.05, 4.69) is 5.32 Å². The Labute approximate surface area is 109 Å². The van der Waals surface area contributed by atoms with Crippen molar-refractivity contribution in [3.63, 3.8) is 0 Å². The van der Waals surface area contributed by atoms with E-state index in [1.54, 1.807) is 4.31 Å². The van der Waals surface area contributed by atoms with E-state index in [4.69, 9.17) is 0 Å². The van der Waals surface area contributed by atoms with Crippen molar-refractivity contribution in [2.45, 2.75) is 25.1 Å². The normalized spacial score (nSPS) is 20.4. The van der Waals surface area contributed by atoms with Crippen LogP contribution < -0.4 is 5.32 Å². The molecule has 2 rings (SSSR count). The van der Waals surface area contributed by atoms with Gasteiger partial charge in [0, 0.05) is 19.1 Å². The standard InChI is InChI=1S/C13H20N2O2S/c1-2-15(13-8-9-14-10-13)18(16,17)11-12-6-4-3-5-7-12/h3-7,13-14H,2,8-11H2,1H3. The molecule has 0 spiro atoms. The van der Waals surface area contributed by atoms with Gasteiger partial charge in [-0.05, 0) is 18.5 Å². The zero-order valence-electron chi connectivity index (χ0n) is 10.7. The number of nitrogens with zero attached hydrogens (tertiary/aromatic N) is 1. The summed E-state index contributed by atoms with van der Waals surface area (Å²) in [4.78, 5) is 0. The predicted octanol–water partition coefficient (Wildman–Crippen LogP) is 1.20. The van der Waals surface area contributed by atoms with Gasteiger partial charge < -0.3 is 5.32 Å². The Hall–Kier alpha value is -0.910. The summed E-state index contributed by atoms with van der Waals surface area (Å²) in [6, 6.07) is 9.48. The lowest BCUT2D eigenvalue weighted by atomic mass is 10.2. The molecule has 1 atom stereocenters. The Balaban J connectivity index is 2.13. The highest BCUT2D eigenvalue weighted by molar-refractivity contribution is 7.88. The number of hydrogen-bond donors (Lipinski definition) is 1. The molecule has 5 heteroatoms. The van der Waals surface area contributed by atoms with Crippen LogP contribution in [0.3, 0.4) is 0 Å². The fourth-order valence-electron chi connectivity index (χ4n) is 2.44. The Kier molecular flexibility index (Phi) is 4.37. The molecule has 1 unspecified atom stereocenters. The highest BCUT2D eigenvalue weighted by atomic mass is 32.2. The van der Waals surface area contributed by atoms with E-state index < -0.39 is 10.0 Å². The molecule has 0 amide bonds. The minimum absolute atomic E-state index is 0.0954. The summed E-state index contributed by atoms with van der Waals surface area (Å²) in [6.45, 7) is 4.12. The summed E-state index contributed by atoms with van der Waals surface area (Å²) in [5.41, 5.74) is 0.849. The minimum atomic E-state index is -3.22. The molecule has 1 saturated heterocycles. The summed E-state index contributed by atoms with van der Waals surface area (Å²) in [6.07, 6.45) is 0.905. The quantitative estimate of drug-likeness (QED) is 0.873. The second-order valence-corrected chi connectivity index (χ2v) is 6.51. The number of rotatable bonds is 5. The molecule has 1 heterocycles. The smallest absolute Gasteiger partial charge is 0.218 e. The van der Waals surface area contributed by atoms with Crippen LogP contribution in [0.25, 0.3) is 0 Å². The van der Waals surface area contributed by atoms with Crippen molar-refractivity contribution < 1.29 is 8.42 Å². The molecule has 0 radical (unpaired) electrons. The molecule has 1 N–H and O–H groups in total. The lowest BCUT2D eigenvalue weighted by Gasteiger charge is -2.26. The van der Waals surface area contributed by atoms with Crippen molar-refractivity contribution in [1.82, 2.24) is 9.62 Å². The van der Waals surface area contributed by atoms with Crippen molar-refractivity contribution in [3.05, 3.63) is 35.9 Å². The van der Waals surface area contributed by atoms with E-state index in [-0.39, 0.29) is 11.8 Å². The highest BCUT2D eigenvalue weighted by Gasteiger charge is 2.30. The molecule has 1 fully saturated rings. The van der Waals surface area contributed by atoms with Gasteiger partial charge in [0.25, 0.3) is 0 Å². The van der Waals surface area contributed by atoms with Gasteiger partial charge in [0.2, 0.25) is 10.0 Å². The van der Waals surface area contributed by atoms with Gasteiger partial charge in [0.15, 0.2) is 0 Å². The zero-order chi connectivity index (χ0) is 13.0. The third-order valence-corrected chi connectivity index (χ3v) is 5.27. The number of likely N-dealkylation sites (N-methyl/N-ethyl adjacent to an activating group) is 1. The first kappa shape index (κ1) is 13.5. The molecule has 100 valence electrons. The van der Waals surface area contributed by atoms with Crippen LogP contribution in [-0.2, 0) is 15.8 Å². The Bertz CT molecular complexity index is 467. The lowest BCUT2D eigenvalue weighted by molar-refractivity contribution is 0.348. The second kappa shape index (κ2) is 5.82. The topological polar surface area (TPSA) is 49.4 Å². The maximum Gasteiger partial charge on any atom is 0.218 e. The van der Waals surface area contributed by atoms with E-state index in [0.29, 0.717) is 6.54 Å². The van der Waals surface area contributed by atoms with Crippen LogP contribution >= 0.6 is 0 Å². The molecular formula is C13H20N2O2S. The molecule has 0 aliphatic carbocycles. The van der Waals surface area contributed by atoms with Crippen LogP contribution in [0.5, 0.6) is 0 Å². The third kappa shape index (κ3) is 3.10. The Morgan fingerprint density at radius 3 is 2.61 bits per heavy atom. The van der Waals surface area contributed by atoms with E-state index in [9.17, 15) is 8.42 Å². The van der Waals surface area contributed by atoms with E-state index in [0.717, 1.165) is 25.1 Å². The van der Waals surface area contributed by atoms with Crippen LogP contribution in [0.2, 0.25) is 0 Å². The second-order valence-electron chi connectivity index (χ2n) is 4.59. The van der Waals surface area contributed by atoms with Crippen LogP contribution in [-0.4, -0.2) is 38.4 Å². The Morgan fingerprint density at radius 1 is 1.33 bits per heavy atom. The average molecular weight is 268 g/mol. The lowest BCUT2D eigenvalue weighted by Crippen LogP contribution is -2.41. The monoisotopic (exact) mass is 268 g/mol. The van der Waals surface area contributed by atoms with Gasteiger partial charge in [-0.3, -0.25) is 0 Å². The molecule has 0 aromatic heterocycles. The predicted molar refractivity (Wildman–Crippen MR) is 72.7 cm³/mol. The van der Waals surface area contributed by atoms with Crippen LogP contribution in [0.1, 0.15) is 18.9 Å². The first-order chi connectivity index (χ1) is 8.63. The van der Waals surface area contributed by atoms with Gasteiger partial charge in [-0.25, -0.2) is 8.42 Å². The van der Waals surface area contributed by atoms with Crippen molar-refractivity contribution in [1.29, 1.82) is 0 Å². The van der Waals surface area contributed by atoms with Crippen LogP contribution in [0.15, 0.2) is 30.3 Å². The van der Waals surface area contributed by atoms with Gasteiger partial charge in [-0.15, -0.1) is 0 Å². The van der Waals surface area contributed by atoms with Crippen molar-refractivity contribution in [3.8, 4) is 0 Å². The minimum Gasteiger partial charge on any atom is -0.315 e. The summed E-state index contributed by atoms with van der Waals surface area (Å²) in [5.74, 6) is 0.0954. The zero-order valence-corrected chi connectivity index (χ0v) is 11.5. The first-order valence-electron chi connectivity index (χ1n) is 6.37. The van der Waals surface area contributed by atoms with E-state index >= 15 is 0 Å². The molecule has 1 aromatic carbocycles. The van der Waals surface area contributed by atoms with Gasteiger partial charge in [-0.2, -0.15) is 4.31 Å². The molecule has 1 aliphatic heterocycles. The maximum absolute atomic E-state index is 12.4. The van der Waals surface area contributed by atoms with Gasteiger partial charge >= 0.3 is 0 Å². The molecule has 18 heavy (non-hydrogen) atoms. The molecule has 0 bridgehead atoms. The Morgan fingerprint density at radius 2 is 2.06 bits per heavy atom. The summed E-state index contributed by atoms with van der Waals surface area (Å²) < 4.78 is 26.5. The summed E-state index contributed by atoms with van der Waals surface area (Å²) in [5, 5.41) is 3.22. The van der Waals surface area contributed by atoms with Gasteiger partial charge in [0.05, 0.1) is 5.75 Å². The first-order valence-corrected chi connectivity index (χ1v) is 7.98. The third-order valence-electron chi connectivity index (χ3n) is 3.30. The summed E-state index contributed by atoms with van der Waals surface area (Å²) in [7, 11) is -3.22. The average Bonchev–Trinajstić information content (AvgIpc) is 2.83. The maximum atomic E-state index is 12.4. The van der Waals surface area contributed by atoms with Crippen molar-refractivity contribution >= 4 is 10.0 Å². The molecule has 1 aromatic rings. The van der Waals surface area contributed by atoms with Crippen molar-refractivity contribution in [2.24, 2.45) is 0 Å². The fourth-order valence-corrected chi connectivity index (χ4v) is 4.24. The number of sulfonamides is 1. The van der Waals surface area contributed by atoms with Crippen LogP contribution in [0, 0.1) is 0 Å². The highest BCUT2D eigenvalue weighted by Crippen LogP contribution is 2.17. The molecular weight excluding hydrogens is 248 g/mol. The van der Waals surface area contributed by atoms with Gasteiger partial charge in [0.1, 0.15) is 0 Å². The molecule has 4 nitrogen and oxygen atoms in total. The largest absolute Gasteiger partial charge is 0.315 e. The fraction of sp³-hybridized carbons (Fsp3) is 0.538. The molecule has 0 saturated carbocycles. The molecule has 1 aliphatic rings. The van der Waals surface area contributed by atoms with Crippen molar-refractivity contribution in [2.75, 3.05) is 19.6 Å². The van der Waals surface area contributed by atoms with Crippen LogP contribution in [0.4, 0.5) is 0 Å². The number of nitrogens with one attached hydrogen (secondary N) is 1. The van der Waals surface area contributed by atoms with E-state index in [1.807, 2.05) is 37.3 Å². The van der Waals surface area contributed by atoms with Gasteiger partial charge in [-0.1, -0.05) is 37.3 Å². The SMILES string of the molecule is CCN(C1CCNC1)S(=O)(=O)Cc1ccccc1.